The van der Waals surface area contributed by atoms with Crippen molar-refractivity contribution in [2.75, 3.05) is 26.2 Å². The van der Waals surface area contributed by atoms with E-state index in [2.05, 4.69) is 32.8 Å². The van der Waals surface area contributed by atoms with Gasteiger partial charge in [0.1, 0.15) is 5.58 Å². The standard InChI is InChI=1S/C24H34N4O4S/c1-18(2)15-26(16-19(3)4)24(29)17-28(12-11-27-10-8-20(5)25-27)33(30,31)22-6-7-23-21(14-22)9-13-32-23/h6-10,13-14,18-19H,11-12,15-17H2,1-5H3. The third-order valence-corrected chi connectivity index (χ3v) is 7.09. The quantitative estimate of drug-likeness (QED) is 0.422. The van der Waals surface area contributed by atoms with Crippen LogP contribution in [0.15, 0.2) is 52.1 Å². The van der Waals surface area contributed by atoms with Gasteiger partial charge in [-0.3, -0.25) is 9.48 Å². The molecule has 2 aromatic heterocycles. The van der Waals surface area contributed by atoms with Gasteiger partial charge in [0.05, 0.1) is 29.9 Å². The van der Waals surface area contributed by atoms with E-state index < -0.39 is 10.0 Å². The zero-order valence-corrected chi connectivity index (χ0v) is 20.9. The fraction of sp³-hybridized carbons (Fsp3) is 0.500. The molecule has 2 heterocycles. The number of hydrogen-bond donors (Lipinski definition) is 0. The number of aryl methyl sites for hydroxylation is 1. The smallest absolute Gasteiger partial charge is 0.243 e. The van der Waals surface area contributed by atoms with Crippen LogP contribution in [0, 0.1) is 18.8 Å². The average molecular weight is 475 g/mol. The number of benzene rings is 1. The van der Waals surface area contributed by atoms with Crippen molar-refractivity contribution in [3.05, 3.63) is 48.5 Å². The molecule has 0 bridgehead atoms. The summed E-state index contributed by atoms with van der Waals surface area (Å²) in [7, 11) is -3.92. The topological polar surface area (TPSA) is 88.7 Å². The van der Waals surface area contributed by atoms with Crippen molar-refractivity contribution in [2.45, 2.75) is 46.1 Å². The van der Waals surface area contributed by atoms with Crippen LogP contribution in [-0.4, -0.2) is 59.5 Å². The van der Waals surface area contributed by atoms with Crippen LogP contribution >= 0.6 is 0 Å². The lowest BCUT2D eigenvalue weighted by Crippen LogP contribution is -2.46. The van der Waals surface area contributed by atoms with Gasteiger partial charge in [-0.1, -0.05) is 27.7 Å². The summed E-state index contributed by atoms with van der Waals surface area (Å²) in [5.41, 5.74) is 1.47. The number of carbonyl (C=O) groups excluding carboxylic acids is 1. The zero-order chi connectivity index (χ0) is 24.2. The van der Waals surface area contributed by atoms with Gasteiger partial charge in [0.2, 0.25) is 15.9 Å². The molecule has 1 aromatic carbocycles. The van der Waals surface area contributed by atoms with Crippen molar-refractivity contribution in [1.82, 2.24) is 19.0 Å². The van der Waals surface area contributed by atoms with Gasteiger partial charge in [-0.15, -0.1) is 0 Å². The second-order valence-corrected chi connectivity index (χ2v) is 11.2. The molecule has 0 atom stereocenters. The van der Waals surface area contributed by atoms with Gasteiger partial charge in [-0.2, -0.15) is 9.40 Å². The number of hydrogen-bond acceptors (Lipinski definition) is 5. The average Bonchev–Trinajstić information content (AvgIpc) is 3.37. The highest BCUT2D eigenvalue weighted by Crippen LogP contribution is 2.23. The fourth-order valence-corrected chi connectivity index (χ4v) is 5.17. The number of sulfonamides is 1. The number of aromatic nitrogens is 2. The van der Waals surface area contributed by atoms with E-state index in [1.165, 1.54) is 16.6 Å². The molecule has 8 nitrogen and oxygen atoms in total. The molecule has 0 saturated carbocycles. The Hall–Kier alpha value is -2.65. The number of rotatable bonds is 11. The van der Waals surface area contributed by atoms with Crippen molar-refractivity contribution in [2.24, 2.45) is 11.8 Å². The minimum atomic E-state index is -3.92. The summed E-state index contributed by atoms with van der Waals surface area (Å²) in [5.74, 6) is 0.378. The Morgan fingerprint density at radius 3 is 2.39 bits per heavy atom. The molecule has 0 spiro atoms. The van der Waals surface area contributed by atoms with E-state index in [1.54, 1.807) is 27.8 Å². The summed E-state index contributed by atoms with van der Waals surface area (Å²) >= 11 is 0. The molecule has 0 aliphatic carbocycles. The van der Waals surface area contributed by atoms with Crippen molar-refractivity contribution >= 4 is 26.9 Å². The molecular formula is C24H34N4O4S. The maximum absolute atomic E-state index is 13.6. The maximum atomic E-state index is 13.6. The lowest BCUT2D eigenvalue weighted by atomic mass is 10.1. The second kappa shape index (κ2) is 10.5. The van der Waals surface area contributed by atoms with E-state index in [9.17, 15) is 13.2 Å². The normalized spacial score (nSPS) is 12.4. The second-order valence-electron chi connectivity index (χ2n) is 9.27. The molecule has 180 valence electrons. The molecule has 0 aliphatic rings. The van der Waals surface area contributed by atoms with Crippen LogP contribution in [0.25, 0.3) is 11.0 Å². The van der Waals surface area contributed by atoms with Crippen LogP contribution in [0.5, 0.6) is 0 Å². The number of fused-ring (bicyclic) bond motifs is 1. The summed E-state index contributed by atoms with van der Waals surface area (Å²) < 4.78 is 35.5. The van der Waals surface area contributed by atoms with Crippen LogP contribution in [0.2, 0.25) is 0 Å². The third-order valence-electron chi connectivity index (χ3n) is 5.25. The SMILES string of the molecule is Cc1ccn(CCN(CC(=O)N(CC(C)C)CC(C)C)S(=O)(=O)c2ccc3occc3c2)n1. The molecule has 9 heteroatoms. The monoisotopic (exact) mass is 474 g/mol. The van der Waals surface area contributed by atoms with E-state index in [4.69, 9.17) is 4.42 Å². The van der Waals surface area contributed by atoms with Gasteiger partial charge in [0, 0.05) is 31.2 Å². The molecule has 0 radical (unpaired) electrons. The van der Waals surface area contributed by atoms with Gasteiger partial charge < -0.3 is 9.32 Å². The lowest BCUT2D eigenvalue weighted by molar-refractivity contribution is -0.132. The molecular weight excluding hydrogens is 440 g/mol. The van der Waals surface area contributed by atoms with Gasteiger partial charge in [-0.25, -0.2) is 8.42 Å². The van der Waals surface area contributed by atoms with E-state index in [1.807, 2.05) is 19.2 Å². The van der Waals surface area contributed by atoms with Crippen molar-refractivity contribution in [3.63, 3.8) is 0 Å². The molecule has 0 saturated heterocycles. The molecule has 0 unspecified atom stereocenters. The number of furan rings is 1. The Morgan fingerprint density at radius 1 is 1.09 bits per heavy atom. The van der Waals surface area contributed by atoms with Crippen LogP contribution < -0.4 is 0 Å². The third kappa shape index (κ3) is 6.45. The summed E-state index contributed by atoms with van der Waals surface area (Å²) in [4.78, 5) is 15.2. The molecule has 33 heavy (non-hydrogen) atoms. The number of carbonyl (C=O) groups is 1. The zero-order valence-electron chi connectivity index (χ0n) is 20.1. The number of nitrogens with zero attached hydrogens (tertiary/aromatic N) is 4. The summed E-state index contributed by atoms with van der Waals surface area (Å²) in [6, 6.07) is 8.34. The first-order valence-corrected chi connectivity index (χ1v) is 12.8. The predicted octanol–water partition coefficient (Wildman–Crippen LogP) is 3.77. The first-order chi connectivity index (χ1) is 15.6. The highest BCUT2D eigenvalue weighted by Gasteiger charge is 2.29. The van der Waals surface area contributed by atoms with E-state index in [0.717, 1.165) is 5.69 Å². The van der Waals surface area contributed by atoms with Crippen LogP contribution in [-0.2, 0) is 21.4 Å². The molecule has 1 amide bonds. The molecule has 3 aromatic rings. The van der Waals surface area contributed by atoms with Gasteiger partial charge in [0.15, 0.2) is 0 Å². The molecule has 0 aliphatic heterocycles. The first-order valence-electron chi connectivity index (χ1n) is 11.3. The Kier molecular flexibility index (Phi) is 7.97. The van der Waals surface area contributed by atoms with Crippen molar-refractivity contribution in [3.8, 4) is 0 Å². The Labute approximate surface area is 196 Å². The maximum Gasteiger partial charge on any atom is 0.243 e. The minimum absolute atomic E-state index is 0.135. The van der Waals surface area contributed by atoms with E-state index in [0.29, 0.717) is 30.6 Å². The largest absolute Gasteiger partial charge is 0.464 e. The first kappa shape index (κ1) is 25.0. The van der Waals surface area contributed by atoms with Gasteiger partial charge in [0.25, 0.3) is 0 Å². The van der Waals surface area contributed by atoms with Crippen LogP contribution in [0.3, 0.4) is 0 Å². The molecule has 3 rings (SSSR count). The molecule has 0 N–H and O–H groups in total. The van der Waals surface area contributed by atoms with Gasteiger partial charge in [-0.05, 0) is 49.1 Å². The Morgan fingerprint density at radius 2 is 1.79 bits per heavy atom. The lowest BCUT2D eigenvalue weighted by Gasteiger charge is -2.29. The van der Waals surface area contributed by atoms with E-state index >= 15 is 0 Å². The Balaban J connectivity index is 1.89. The van der Waals surface area contributed by atoms with Gasteiger partial charge >= 0.3 is 0 Å². The fourth-order valence-electron chi connectivity index (χ4n) is 3.75. The van der Waals surface area contributed by atoms with Crippen molar-refractivity contribution < 1.29 is 17.6 Å². The summed E-state index contributed by atoms with van der Waals surface area (Å²) in [5, 5.41) is 5.05. The Bertz CT molecular complexity index is 1170. The van der Waals surface area contributed by atoms with Crippen LogP contribution in [0.4, 0.5) is 0 Å². The molecule has 0 fully saturated rings. The number of amides is 1. The highest BCUT2D eigenvalue weighted by atomic mass is 32.2. The summed E-state index contributed by atoms with van der Waals surface area (Å²) in [6.07, 6.45) is 3.33. The van der Waals surface area contributed by atoms with E-state index in [-0.39, 0.29) is 35.7 Å². The summed E-state index contributed by atoms with van der Waals surface area (Å²) in [6.45, 7) is 11.5. The predicted molar refractivity (Wildman–Crippen MR) is 128 cm³/mol. The minimum Gasteiger partial charge on any atom is -0.464 e. The highest BCUT2D eigenvalue weighted by molar-refractivity contribution is 7.89. The van der Waals surface area contributed by atoms with Crippen LogP contribution in [0.1, 0.15) is 33.4 Å². The van der Waals surface area contributed by atoms with Crippen molar-refractivity contribution in [1.29, 1.82) is 0 Å².